The molecule has 0 saturated carbocycles. The largest absolute Gasteiger partial charge is 0.493 e. The number of nitrogens with zero attached hydrogens (tertiary/aromatic N) is 1. The fourth-order valence-corrected chi connectivity index (χ4v) is 3.59. The average molecular weight is 444 g/mol. The standard InChI is InChI=1S/C26H25N3O4/c1-17(30)19-12-13-23(24(15-19)32-2)33-16-25(31)27-22(14-18-8-4-3-5-9-18)26-28-20-10-6-7-11-21(20)29-26/h3-13,15,22H,14,16H2,1-2H3,(H,27,31)(H,28,29)/t22-/m1/s1. The number of benzene rings is 3. The van der Waals surface area contributed by atoms with Gasteiger partial charge in [0.05, 0.1) is 24.2 Å². The zero-order chi connectivity index (χ0) is 23.2. The monoisotopic (exact) mass is 443 g/mol. The lowest BCUT2D eigenvalue weighted by Crippen LogP contribution is -2.34. The molecule has 1 aromatic heterocycles. The Labute approximate surface area is 191 Å². The maximum absolute atomic E-state index is 12.8. The van der Waals surface area contributed by atoms with E-state index >= 15 is 0 Å². The van der Waals surface area contributed by atoms with E-state index in [1.165, 1.54) is 14.0 Å². The molecule has 2 N–H and O–H groups in total. The van der Waals surface area contributed by atoms with Gasteiger partial charge in [-0.15, -0.1) is 0 Å². The minimum atomic E-state index is -0.363. The smallest absolute Gasteiger partial charge is 0.258 e. The zero-order valence-corrected chi connectivity index (χ0v) is 18.5. The van der Waals surface area contributed by atoms with Crippen molar-refractivity contribution in [3.8, 4) is 11.5 Å². The van der Waals surface area contributed by atoms with E-state index in [2.05, 4.69) is 15.3 Å². The first-order valence-electron chi connectivity index (χ1n) is 10.6. The van der Waals surface area contributed by atoms with Gasteiger partial charge in [0.2, 0.25) is 0 Å². The van der Waals surface area contributed by atoms with Crippen molar-refractivity contribution in [1.82, 2.24) is 15.3 Å². The molecule has 0 saturated heterocycles. The SMILES string of the molecule is COc1cc(C(C)=O)ccc1OCC(=O)N[C@H](Cc1ccccc1)c1nc2ccccc2[nH]1. The zero-order valence-electron chi connectivity index (χ0n) is 18.5. The molecular formula is C26H25N3O4. The van der Waals surface area contributed by atoms with E-state index in [0.29, 0.717) is 29.3 Å². The van der Waals surface area contributed by atoms with Gasteiger partial charge in [0.15, 0.2) is 23.9 Å². The number of fused-ring (bicyclic) bond motifs is 1. The Balaban J connectivity index is 1.50. The lowest BCUT2D eigenvalue weighted by atomic mass is 10.1. The number of Topliss-reactive ketones (excluding diaryl/α,β-unsaturated/α-hetero) is 1. The molecule has 0 bridgehead atoms. The Morgan fingerprint density at radius 2 is 1.76 bits per heavy atom. The van der Waals surface area contributed by atoms with Gasteiger partial charge in [-0.2, -0.15) is 0 Å². The highest BCUT2D eigenvalue weighted by Crippen LogP contribution is 2.28. The summed E-state index contributed by atoms with van der Waals surface area (Å²) in [5.41, 5.74) is 3.33. The number of para-hydroxylation sites is 2. The number of H-pyrrole nitrogens is 1. The van der Waals surface area contributed by atoms with E-state index in [1.807, 2.05) is 54.6 Å². The van der Waals surface area contributed by atoms with Crippen LogP contribution in [0.5, 0.6) is 11.5 Å². The van der Waals surface area contributed by atoms with Crippen molar-refractivity contribution in [2.24, 2.45) is 0 Å². The van der Waals surface area contributed by atoms with E-state index in [9.17, 15) is 9.59 Å². The van der Waals surface area contributed by atoms with Crippen LogP contribution in [-0.2, 0) is 11.2 Å². The fraction of sp³-hybridized carbons (Fsp3) is 0.192. The van der Waals surface area contributed by atoms with Gasteiger partial charge in [0.25, 0.3) is 5.91 Å². The molecule has 0 spiro atoms. The number of amides is 1. The van der Waals surface area contributed by atoms with E-state index in [1.54, 1.807) is 18.2 Å². The molecule has 0 radical (unpaired) electrons. The summed E-state index contributed by atoms with van der Waals surface area (Å²) in [6, 6.07) is 22.2. The van der Waals surface area contributed by atoms with Crippen LogP contribution in [0.3, 0.4) is 0 Å². The van der Waals surface area contributed by atoms with Crippen LogP contribution in [0.1, 0.15) is 34.7 Å². The first-order chi connectivity index (χ1) is 16.0. The molecule has 1 atom stereocenters. The molecule has 0 fully saturated rings. The van der Waals surface area contributed by atoms with Crippen LogP contribution in [0, 0.1) is 0 Å². The number of nitrogens with one attached hydrogen (secondary N) is 2. The van der Waals surface area contributed by atoms with Gasteiger partial charge >= 0.3 is 0 Å². The van der Waals surface area contributed by atoms with Crippen LogP contribution in [0.25, 0.3) is 11.0 Å². The Hall–Kier alpha value is -4.13. The molecular weight excluding hydrogens is 418 g/mol. The van der Waals surface area contributed by atoms with Crippen LogP contribution in [0.2, 0.25) is 0 Å². The predicted molar refractivity (Wildman–Crippen MR) is 126 cm³/mol. The van der Waals surface area contributed by atoms with Gasteiger partial charge < -0.3 is 19.8 Å². The molecule has 33 heavy (non-hydrogen) atoms. The normalized spacial score (nSPS) is 11.7. The van der Waals surface area contributed by atoms with Crippen LogP contribution >= 0.6 is 0 Å². The number of methoxy groups -OCH3 is 1. The highest BCUT2D eigenvalue weighted by Gasteiger charge is 2.20. The lowest BCUT2D eigenvalue weighted by Gasteiger charge is -2.18. The Bertz CT molecular complexity index is 1230. The molecule has 0 aliphatic heterocycles. The number of hydrogen-bond donors (Lipinski definition) is 2. The van der Waals surface area contributed by atoms with Crippen LogP contribution in [0.4, 0.5) is 0 Å². The van der Waals surface area contributed by atoms with Gasteiger partial charge in [-0.3, -0.25) is 9.59 Å². The number of aromatic nitrogens is 2. The Kier molecular flexibility index (Phi) is 6.69. The van der Waals surface area contributed by atoms with Crippen LogP contribution in [-0.4, -0.2) is 35.4 Å². The van der Waals surface area contributed by atoms with Crippen molar-refractivity contribution in [2.45, 2.75) is 19.4 Å². The predicted octanol–water partition coefficient (Wildman–Crippen LogP) is 4.25. The summed E-state index contributed by atoms with van der Waals surface area (Å²) in [5, 5.41) is 3.03. The fourth-order valence-electron chi connectivity index (χ4n) is 3.59. The number of carbonyl (C=O) groups is 2. The number of ketones is 1. The van der Waals surface area contributed by atoms with E-state index < -0.39 is 0 Å². The molecule has 1 amide bonds. The molecule has 0 aliphatic carbocycles. The molecule has 1 heterocycles. The number of rotatable bonds is 9. The van der Waals surface area contributed by atoms with Gasteiger partial charge in [0.1, 0.15) is 5.82 Å². The lowest BCUT2D eigenvalue weighted by molar-refractivity contribution is -0.123. The summed E-state index contributed by atoms with van der Waals surface area (Å²) in [6.07, 6.45) is 0.572. The molecule has 0 unspecified atom stereocenters. The summed E-state index contributed by atoms with van der Waals surface area (Å²) in [7, 11) is 1.49. The Morgan fingerprint density at radius 3 is 2.48 bits per heavy atom. The number of ether oxygens (including phenoxy) is 2. The van der Waals surface area contributed by atoms with Crippen molar-refractivity contribution in [3.63, 3.8) is 0 Å². The Morgan fingerprint density at radius 1 is 1.00 bits per heavy atom. The molecule has 3 aromatic carbocycles. The van der Waals surface area contributed by atoms with E-state index in [0.717, 1.165) is 16.6 Å². The van der Waals surface area contributed by atoms with Crippen LogP contribution in [0.15, 0.2) is 72.8 Å². The number of carbonyl (C=O) groups excluding carboxylic acids is 2. The van der Waals surface area contributed by atoms with Crippen molar-refractivity contribution >= 4 is 22.7 Å². The first-order valence-corrected chi connectivity index (χ1v) is 10.6. The summed E-state index contributed by atoms with van der Waals surface area (Å²) < 4.78 is 11.0. The highest BCUT2D eigenvalue weighted by molar-refractivity contribution is 5.94. The minimum Gasteiger partial charge on any atom is -0.493 e. The summed E-state index contributed by atoms with van der Waals surface area (Å²) in [5.74, 6) is 1.09. The van der Waals surface area contributed by atoms with Crippen molar-refractivity contribution < 1.29 is 19.1 Å². The molecule has 7 nitrogen and oxygen atoms in total. The van der Waals surface area contributed by atoms with Gasteiger partial charge in [-0.25, -0.2) is 4.98 Å². The molecule has 4 rings (SSSR count). The third kappa shape index (κ3) is 5.38. The topological polar surface area (TPSA) is 93.3 Å². The second-order valence-corrected chi connectivity index (χ2v) is 7.66. The van der Waals surface area contributed by atoms with Crippen LogP contribution < -0.4 is 14.8 Å². The van der Waals surface area contributed by atoms with Crippen molar-refractivity contribution in [3.05, 3.63) is 89.7 Å². The third-order valence-corrected chi connectivity index (χ3v) is 5.28. The van der Waals surface area contributed by atoms with Gasteiger partial charge in [0, 0.05) is 5.56 Å². The van der Waals surface area contributed by atoms with Crippen molar-refractivity contribution in [1.29, 1.82) is 0 Å². The number of imidazole rings is 1. The second-order valence-electron chi connectivity index (χ2n) is 7.66. The summed E-state index contributed by atoms with van der Waals surface area (Å²) in [4.78, 5) is 32.4. The molecule has 168 valence electrons. The number of aromatic amines is 1. The van der Waals surface area contributed by atoms with Gasteiger partial charge in [-0.1, -0.05) is 42.5 Å². The summed E-state index contributed by atoms with van der Waals surface area (Å²) >= 11 is 0. The minimum absolute atomic E-state index is 0.0767. The quantitative estimate of drug-likeness (QED) is 0.377. The summed E-state index contributed by atoms with van der Waals surface area (Å²) in [6.45, 7) is 1.27. The molecule has 7 heteroatoms. The second kappa shape index (κ2) is 9.99. The maximum Gasteiger partial charge on any atom is 0.258 e. The third-order valence-electron chi connectivity index (χ3n) is 5.28. The van der Waals surface area contributed by atoms with E-state index in [4.69, 9.17) is 9.47 Å². The average Bonchev–Trinajstić information content (AvgIpc) is 3.27. The first kappa shape index (κ1) is 22.1. The number of hydrogen-bond acceptors (Lipinski definition) is 5. The van der Waals surface area contributed by atoms with Gasteiger partial charge in [-0.05, 0) is 49.2 Å². The highest BCUT2D eigenvalue weighted by atomic mass is 16.5. The van der Waals surface area contributed by atoms with Crippen molar-refractivity contribution in [2.75, 3.05) is 13.7 Å². The maximum atomic E-state index is 12.8. The molecule has 0 aliphatic rings. The molecule has 4 aromatic rings. The van der Waals surface area contributed by atoms with E-state index in [-0.39, 0.29) is 24.3 Å².